The van der Waals surface area contributed by atoms with E-state index in [-0.39, 0.29) is 36.3 Å². The summed E-state index contributed by atoms with van der Waals surface area (Å²) in [5.41, 5.74) is -1.13. The van der Waals surface area contributed by atoms with Gasteiger partial charge in [0.2, 0.25) is 0 Å². The minimum absolute atomic E-state index is 0.191. The molecule has 0 radical (unpaired) electrons. The summed E-state index contributed by atoms with van der Waals surface area (Å²) in [5.74, 6) is 0.662. The molecule has 0 aromatic heterocycles. The van der Waals surface area contributed by atoms with Crippen LogP contribution in [0.4, 0.5) is 4.79 Å². The molecule has 2 saturated heterocycles. The van der Waals surface area contributed by atoms with E-state index in [1.165, 1.54) is 12.8 Å². The van der Waals surface area contributed by atoms with Gasteiger partial charge in [0.1, 0.15) is 5.60 Å². The third kappa shape index (κ3) is 3.57. The number of hydrogen-bond donors (Lipinski definition) is 0. The zero-order valence-corrected chi connectivity index (χ0v) is 16.9. The summed E-state index contributed by atoms with van der Waals surface area (Å²) in [6, 6.07) is 0.257. The molecular formula is C19H34BNO4. The van der Waals surface area contributed by atoms with Crippen LogP contribution in [0.1, 0.15) is 74.1 Å². The summed E-state index contributed by atoms with van der Waals surface area (Å²) in [6.07, 6.45) is 4.40. The van der Waals surface area contributed by atoms with Crippen molar-refractivity contribution >= 4 is 13.2 Å². The third-order valence-electron chi connectivity index (χ3n) is 6.39. The standard InChI is InChI=1S/C19H34BNO4/c1-17(2,3)23-16(22)21-12-14(13-10-8-9-11-15(13)21)20-24-18(4,5)19(6,7)25-20/h13-15H,8-12H2,1-7H3/t13-,14-,15-/m0/s1. The van der Waals surface area contributed by atoms with Crippen molar-refractivity contribution in [3.8, 4) is 0 Å². The van der Waals surface area contributed by atoms with Crippen LogP contribution in [-0.4, -0.2) is 47.5 Å². The van der Waals surface area contributed by atoms with E-state index in [0.29, 0.717) is 12.5 Å². The smallest absolute Gasteiger partial charge is 0.444 e. The Bertz CT molecular complexity index is 512. The number of amides is 1. The molecule has 2 aliphatic heterocycles. The van der Waals surface area contributed by atoms with Gasteiger partial charge in [0.15, 0.2) is 0 Å². The van der Waals surface area contributed by atoms with Crippen LogP contribution in [0.25, 0.3) is 0 Å². The fraction of sp³-hybridized carbons (Fsp3) is 0.947. The predicted molar refractivity (Wildman–Crippen MR) is 98.5 cm³/mol. The van der Waals surface area contributed by atoms with E-state index in [1.807, 2.05) is 25.7 Å². The van der Waals surface area contributed by atoms with E-state index in [2.05, 4.69) is 27.7 Å². The van der Waals surface area contributed by atoms with E-state index in [9.17, 15) is 4.79 Å². The Morgan fingerprint density at radius 3 is 2.20 bits per heavy atom. The summed E-state index contributed by atoms with van der Waals surface area (Å²) >= 11 is 0. The highest BCUT2D eigenvalue weighted by atomic mass is 16.7. The molecular weight excluding hydrogens is 317 g/mol. The van der Waals surface area contributed by atoms with Crippen LogP contribution in [-0.2, 0) is 14.0 Å². The molecule has 142 valence electrons. The number of rotatable bonds is 1. The molecule has 1 amide bonds. The zero-order valence-electron chi connectivity index (χ0n) is 16.9. The first-order chi connectivity index (χ1) is 11.4. The molecule has 1 saturated carbocycles. The van der Waals surface area contributed by atoms with E-state index < -0.39 is 5.60 Å². The van der Waals surface area contributed by atoms with E-state index >= 15 is 0 Å². The highest BCUT2D eigenvalue weighted by molar-refractivity contribution is 6.47. The van der Waals surface area contributed by atoms with Gasteiger partial charge in [0.25, 0.3) is 0 Å². The molecule has 3 rings (SSSR count). The van der Waals surface area contributed by atoms with E-state index in [4.69, 9.17) is 14.0 Å². The van der Waals surface area contributed by atoms with E-state index in [1.54, 1.807) is 0 Å². The lowest BCUT2D eigenvalue weighted by molar-refractivity contribution is 0.00578. The number of hydrogen-bond acceptors (Lipinski definition) is 4. The number of likely N-dealkylation sites (tertiary alicyclic amines) is 1. The lowest BCUT2D eigenvalue weighted by Crippen LogP contribution is -2.42. The molecule has 1 aliphatic carbocycles. The van der Waals surface area contributed by atoms with Crippen molar-refractivity contribution in [2.75, 3.05) is 6.54 Å². The van der Waals surface area contributed by atoms with Gasteiger partial charge in [-0.3, -0.25) is 0 Å². The van der Waals surface area contributed by atoms with Gasteiger partial charge >= 0.3 is 13.2 Å². The van der Waals surface area contributed by atoms with Crippen molar-refractivity contribution in [3.05, 3.63) is 0 Å². The molecule has 5 nitrogen and oxygen atoms in total. The van der Waals surface area contributed by atoms with Gasteiger partial charge in [0, 0.05) is 18.4 Å². The minimum atomic E-state index is -0.469. The maximum Gasteiger partial charge on any atom is 0.463 e. The molecule has 3 aliphatic rings. The van der Waals surface area contributed by atoms with Gasteiger partial charge in [-0.2, -0.15) is 0 Å². The Morgan fingerprint density at radius 1 is 1.08 bits per heavy atom. The van der Waals surface area contributed by atoms with Crippen LogP contribution in [0.15, 0.2) is 0 Å². The fourth-order valence-electron chi connectivity index (χ4n) is 4.41. The Morgan fingerprint density at radius 2 is 1.64 bits per heavy atom. The molecule has 0 unspecified atom stereocenters. The second kappa shape index (κ2) is 6.16. The van der Waals surface area contributed by atoms with Gasteiger partial charge in [-0.15, -0.1) is 0 Å². The molecule has 0 N–H and O–H groups in total. The maximum atomic E-state index is 12.8. The Kier molecular flexibility index (Phi) is 4.69. The molecule has 0 aromatic rings. The van der Waals surface area contributed by atoms with Crippen LogP contribution >= 0.6 is 0 Å². The first kappa shape index (κ1) is 19.0. The normalized spacial score (nSPS) is 34.1. The summed E-state index contributed by atoms with van der Waals surface area (Å²) in [5, 5.41) is 0. The lowest BCUT2D eigenvalue weighted by atomic mass is 9.62. The molecule has 0 bridgehead atoms. The third-order valence-corrected chi connectivity index (χ3v) is 6.39. The Labute approximate surface area is 152 Å². The zero-order chi connectivity index (χ0) is 18.6. The van der Waals surface area contributed by atoms with Gasteiger partial charge in [-0.05, 0) is 67.2 Å². The van der Waals surface area contributed by atoms with Crippen molar-refractivity contribution in [1.82, 2.24) is 4.90 Å². The molecule has 0 aromatic carbocycles. The van der Waals surface area contributed by atoms with Gasteiger partial charge in [-0.1, -0.05) is 12.8 Å². The fourth-order valence-corrected chi connectivity index (χ4v) is 4.41. The highest BCUT2D eigenvalue weighted by Crippen LogP contribution is 2.49. The molecule has 0 spiro atoms. The van der Waals surface area contributed by atoms with Crippen LogP contribution in [0.2, 0.25) is 5.82 Å². The summed E-state index contributed by atoms with van der Waals surface area (Å²) < 4.78 is 18.3. The van der Waals surface area contributed by atoms with E-state index in [0.717, 1.165) is 12.8 Å². The van der Waals surface area contributed by atoms with Crippen LogP contribution in [0, 0.1) is 5.92 Å². The van der Waals surface area contributed by atoms with Crippen LogP contribution in [0.5, 0.6) is 0 Å². The van der Waals surface area contributed by atoms with Crippen LogP contribution < -0.4 is 0 Å². The van der Waals surface area contributed by atoms with Gasteiger partial charge in [0.05, 0.1) is 11.2 Å². The number of fused-ring (bicyclic) bond motifs is 1. The Hall–Kier alpha value is -0.745. The quantitative estimate of drug-likeness (QED) is 0.663. The van der Waals surface area contributed by atoms with Crippen LogP contribution in [0.3, 0.4) is 0 Å². The van der Waals surface area contributed by atoms with Gasteiger partial charge in [-0.25, -0.2) is 4.79 Å². The van der Waals surface area contributed by atoms with Crippen molar-refractivity contribution in [1.29, 1.82) is 0 Å². The predicted octanol–water partition coefficient (Wildman–Crippen LogP) is 4.26. The van der Waals surface area contributed by atoms with Crippen molar-refractivity contribution in [3.63, 3.8) is 0 Å². The second-order valence-corrected chi connectivity index (χ2v) is 9.94. The lowest BCUT2D eigenvalue weighted by Gasteiger charge is -2.33. The first-order valence-electron chi connectivity index (χ1n) is 9.76. The SMILES string of the molecule is CC(C)(C)OC(=O)N1C[C@H](B2OC(C)(C)C(C)(C)O2)[C@@H]2CCCC[C@@H]21. The number of nitrogens with zero attached hydrogens (tertiary/aromatic N) is 1. The van der Waals surface area contributed by atoms with Crippen molar-refractivity contribution in [2.45, 2.75) is 103 Å². The molecule has 25 heavy (non-hydrogen) atoms. The Balaban J connectivity index is 1.78. The average Bonchev–Trinajstić information content (AvgIpc) is 2.92. The number of carbonyl (C=O) groups is 1. The topological polar surface area (TPSA) is 48.0 Å². The van der Waals surface area contributed by atoms with Crippen molar-refractivity contribution in [2.24, 2.45) is 5.92 Å². The maximum absolute atomic E-state index is 12.8. The second-order valence-electron chi connectivity index (χ2n) is 9.94. The monoisotopic (exact) mass is 351 g/mol. The molecule has 2 heterocycles. The summed E-state index contributed by atoms with van der Waals surface area (Å²) in [4.78, 5) is 14.7. The number of carbonyl (C=O) groups excluding carboxylic acids is 1. The molecule has 6 heteroatoms. The average molecular weight is 351 g/mol. The largest absolute Gasteiger partial charge is 0.463 e. The summed E-state index contributed by atoms with van der Waals surface area (Å²) in [6.45, 7) is 14.8. The van der Waals surface area contributed by atoms with Crippen molar-refractivity contribution < 1.29 is 18.8 Å². The highest BCUT2D eigenvalue weighted by Gasteiger charge is 2.59. The minimum Gasteiger partial charge on any atom is -0.444 e. The molecule has 3 fully saturated rings. The summed E-state index contributed by atoms with van der Waals surface area (Å²) in [7, 11) is -0.247. The first-order valence-corrected chi connectivity index (χ1v) is 9.76. The van der Waals surface area contributed by atoms with Gasteiger partial charge < -0.3 is 18.9 Å². The molecule has 3 atom stereocenters. The number of ether oxygens (including phenoxy) is 1.